The van der Waals surface area contributed by atoms with Crippen molar-refractivity contribution in [2.24, 2.45) is 0 Å². The highest BCUT2D eigenvalue weighted by Crippen LogP contribution is 2.35. The molecule has 3 rings (SSSR count). The molecule has 0 saturated carbocycles. The maximum Gasteiger partial charge on any atom is 0.469 e. The van der Waals surface area contributed by atoms with Crippen LogP contribution in [0.1, 0.15) is 15.9 Å². The summed E-state index contributed by atoms with van der Waals surface area (Å²) in [6, 6.07) is 14.9. The van der Waals surface area contributed by atoms with E-state index in [0.717, 1.165) is 23.2 Å². The van der Waals surface area contributed by atoms with Crippen molar-refractivity contribution in [3.8, 4) is 11.1 Å². The van der Waals surface area contributed by atoms with E-state index in [2.05, 4.69) is 18.6 Å². The van der Waals surface area contributed by atoms with Crippen LogP contribution in [0.5, 0.6) is 0 Å². The number of phosphoric acid groups is 1. The van der Waals surface area contributed by atoms with Gasteiger partial charge in [-0.2, -0.15) is 0 Å². The lowest BCUT2D eigenvalue weighted by Crippen LogP contribution is -2.57. The summed E-state index contributed by atoms with van der Waals surface area (Å²) in [7, 11) is 3.24. The lowest BCUT2D eigenvalue weighted by atomic mass is 9.97. The lowest BCUT2D eigenvalue weighted by Gasteiger charge is -2.42. The Labute approximate surface area is 200 Å². The summed E-state index contributed by atoms with van der Waals surface area (Å²) in [5, 5.41) is 11.0. The van der Waals surface area contributed by atoms with Gasteiger partial charge in [-0.3, -0.25) is 9.32 Å². The van der Waals surface area contributed by atoms with Crippen LogP contribution in [0.2, 0.25) is 0 Å². The third kappa shape index (κ3) is 7.28. The van der Waals surface area contributed by atoms with Crippen LogP contribution in [0, 0.1) is 0 Å². The van der Waals surface area contributed by atoms with Crippen LogP contribution in [-0.4, -0.2) is 97.2 Å². The number of hydrogen-bond donors (Lipinski definition) is 3. The first-order valence-electron chi connectivity index (χ1n) is 11.1. The van der Waals surface area contributed by atoms with Crippen LogP contribution in [0.3, 0.4) is 0 Å². The van der Waals surface area contributed by atoms with Gasteiger partial charge in [-0.1, -0.05) is 48.5 Å². The van der Waals surface area contributed by atoms with Crippen molar-refractivity contribution < 1.29 is 42.5 Å². The van der Waals surface area contributed by atoms with Crippen LogP contribution in [0.15, 0.2) is 48.5 Å². The molecule has 1 atom stereocenters. The Bertz CT molecular complexity index is 1050. The van der Waals surface area contributed by atoms with E-state index in [1.807, 2.05) is 36.4 Å². The summed E-state index contributed by atoms with van der Waals surface area (Å²) >= 11 is 0. The summed E-state index contributed by atoms with van der Waals surface area (Å²) < 4.78 is 22.0. The van der Waals surface area contributed by atoms with Crippen molar-refractivity contribution in [1.29, 1.82) is 0 Å². The van der Waals surface area contributed by atoms with Gasteiger partial charge in [0.05, 0.1) is 34.8 Å². The lowest BCUT2D eigenvalue weighted by molar-refractivity contribution is -0.912. The fraction of sp³-hybridized carbons (Fsp3) is 0.458. The molecule has 9 nitrogen and oxygen atoms in total. The summed E-state index contributed by atoms with van der Waals surface area (Å²) in [6.07, 6.45) is 0. The van der Waals surface area contributed by atoms with E-state index in [9.17, 15) is 14.5 Å². The molecule has 2 aromatic carbocycles. The van der Waals surface area contributed by atoms with Crippen molar-refractivity contribution in [2.45, 2.75) is 5.79 Å². The minimum atomic E-state index is -4.52. The Hall–Kier alpha value is -1.94. The smallest absolute Gasteiger partial charge is 0.357 e. The van der Waals surface area contributed by atoms with Gasteiger partial charge in [0.2, 0.25) is 11.6 Å². The molecule has 0 bridgehead atoms. The first-order valence-corrected chi connectivity index (χ1v) is 12.7. The fourth-order valence-electron chi connectivity index (χ4n) is 4.08. The molecule has 34 heavy (non-hydrogen) atoms. The Morgan fingerprint density at radius 1 is 1.09 bits per heavy atom. The number of carbonyl (C=O) groups excluding carboxylic acids is 1. The van der Waals surface area contributed by atoms with Gasteiger partial charge in [0, 0.05) is 11.1 Å². The number of quaternary nitrogens is 2. The molecule has 1 saturated heterocycles. The summed E-state index contributed by atoms with van der Waals surface area (Å²) in [5.41, 5.74) is 3.19. The van der Waals surface area contributed by atoms with Crippen LogP contribution in [0.25, 0.3) is 11.1 Å². The zero-order valence-electron chi connectivity index (χ0n) is 20.2. The molecule has 0 aliphatic carbocycles. The van der Waals surface area contributed by atoms with E-state index in [4.69, 9.17) is 14.5 Å². The zero-order valence-corrected chi connectivity index (χ0v) is 21.1. The molecule has 10 heteroatoms. The second-order valence-corrected chi connectivity index (χ2v) is 11.4. The number of likely N-dealkylation sites (N-methyl/N-ethyl adjacent to an activating group) is 2. The number of nitrogens with zero attached hydrogens (tertiary/aromatic N) is 2. The van der Waals surface area contributed by atoms with Gasteiger partial charge in [0.1, 0.15) is 32.8 Å². The number of morpholine rings is 1. The van der Waals surface area contributed by atoms with Crippen molar-refractivity contribution >= 4 is 13.6 Å². The predicted molar refractivity (Wildman–Crippen MR) is 128 cm³/mol. The molecule has 2 aromatic rings. The van der Waals surface area contributed by atoms with Crippen molar-refractivity contribution in [2.75, 3.05) is 67.6 Å². The Kier molecular flexibility index (Phi) is 7.82. The first-order chi connectivity index (χ1) is 15.7. The fourth-order valence-corrected chi connectivity index (χ4v) is 4.40. The van der Waals surface area contributed by atoms with Gasteiger partial charge in [-0.05, 0) is 11.1 Å². The molecule has 0 spiro atoms. The number of aliphatic hydroxyl groups is 1. The summed E-state index contributed by atoms with van der Waals surface area (Å²) in [4.78, 5) is 30.3. The largest absolute Gasteiger partial charge is 0.469 e. The SMILES string of the molecule is C[N+](C)(CCOP(=O)(O)O)CC(=O)c1ccc(-c2ccc([C@]3(O)C[N+](C)(C)CCO3)cc2)cc1. The molecule has 186 valence electrons. The number of phosphoric ester groups is 1. The third-order valence-electron chi connectivity index (χ3n) is 6.08. The Balaban J connectivity index is 1.64. The highest BCUT2D eigenvalue weighted by Gasteiger charge is 2.42. The topological polar surface area (TPSA) is 113 Å². The van der Waals surface area contributed by atoms with Gasteiger partial charge < -0.3 is 28.6 Å². The van der Waals surface area contributed by atoms with Crippen molar-refractivity contribution in [3.63, 3.8) is 0 Å². The minimum absolute atomic E-state index is 0.0690. The van der Waals surface area contributed by atoms with Gasteiger partial charge in [0.25, 0.3) is 0 Å². The van der Waals surface area contributed by atoms with E-state index in [1.165, 1.54) is 0 Å². The number of carbonyl (C=O) groups is 1. The monoisotopic (exact) mass is 494 g/mol. The number of benzene rings is 2. The molecular formula is C24H35N2O7P+2. The molecule has 0 unspecified atom stereocenters. The normalized spacial score (nSPS) is 20.8. The molecule has 1 fully saturated rings. The molecule has 0 amide bonds. The number of hydrogen-bond acceptors (Lipinski definition) is 5. The highest BCUT2D eigenvalue weighted by molar-refractivity contribution is 7.46. The average molecular weight is 495 g/mol. The van der Waals surface area contributed by atoms with Gasteiger partial charge in [-0.15, -0.1) is 0 Å². The Morgan fingerprint density at radius 3 is 2.18 bits per heavy atom. The van der Waals surface area contributed by atoms with E-state index >= 15 is 0 Å². The molecule has 1 aliphatic heterocycles. The highest BCUT2D eigenvalue weighted by atomic mass is 31.2. The van der Waals surface area contributed by atoms with E-state index in [1.54, 1.807) is 26.2 Å². The van der Waals surface area contributed by atoms with Crippen molar-refractivity contribution in [1.82, 2.24) is 0 Å². The van der Waals surface area contributed by atoms with E-state index < -0.39 is 13.6 Å². The second kappa shape index (κ2) is 9.97. The first kappa shape index (κ1) is 26.7. The third-order valence-corrected chi connectivity index (χ3v) is 6.60. The molecule has 1 aliphatic rings. The van der Waals surface area contributed by atoms with Crippen LogP contribution in [-0.2, 0) is 19.6 Å². The molecule has 1 heterocycles. The zero-order chi connectivity index (χ0) is 25.2. The average Bonchev–Trinajstić information content (AvgIpc) is 2.71. The number of ether oxygens (including phenoxy) is 1. The van der Waals surface area contributed by atoms with E-state index in [0.29, 0.717) is 23.2 Å². The van der Waals surface area contributed by atoms with Crippen LogP contribution < -0.4 is 0 Å². The number of ketones is 1. The van der Waals surface area contributed by atoms with Crippen molar-refractivity contribution in [3.05, 3.63) is 59.7 Å². The quantitative estimate of drug-likeness (QED) is 0.278. The number of rotatable bonds is 9. The van der Waals surface area contributed by atoms with Gasteiger partial charge in [0.15, 0.2) is 0 Å². The number of Topliss-reactive ketones (excluding diaryl/α,β-unsaturated/α-hetero) is 1. The minimum Gasteiger partial charge on any atom is -0.357 e. The van der Waals surface area contributed by atoms with Crippen LogP contribution in [0.4, 0.5) is 0 Å². The molecule has 3 N–H and O–H groups in total. The van der Waals surface area contributed by atoms with Gasteiger partial charge >= 0.3 is 7.82 Å². The van der Waals surface area contributed by atoms with Crippen LogP contribution >= 0.6 is 7.82 Å². The molecule has 0 radical (unpaired) electrons. The Morgan fingerprint density at radius 2 is 1.65 bits per heavy atom. The molecular weight excluding hydrogens is 459 g/mol. The maximum atomic E-state index is 12.7. The predicted octanol–water partition coefficient (Wildman–Crippen LogP) is 1.97. The summed E-state index contributed by atoms with van der Waals surface area (Å²) in [6.45, 7) is 2.13. The maximum absolute atomic E-state index is 12.7. The second-order valence-electron chi connectivity index (χ2n) is 10.2. The van der Waals surface area contributed by atoms with E-state index in [-0.39, 0.29) is 30.0 Å². The molecule has 0 aromatic heterocycles. The summed E-state index contributed by atoms with van der Waals surface area (Å²) in [5.74, 6) is -1.38. The van der Waals surface area contributed by atoms with Gasteiger partial charge in [-0.25, -0.2) is 4.57 Å². The standard InChI is InChI=1S/C24H33N2O7P/c1-25(2,14-16-33-34(29,30)31)17-23(27)21-7-5-19(6-8-21)20-9-11-22(12-10-20)24(28)18-26(3,4)13-15-32-24/h5-12,28H,13-18H2,1-4H3/p+2/t24-/m0/s1.